The van der Waals surface area contributed by atoms with Gasteiger partial charge in [-0.1, -0.05) is 19.8 Å². The molecule has 1 N–H and O–H groups in total. The SMILES string of the molecule is CC1CCC(NC(=O)[C@H](C)N2C(=O)[C@H]3CCCC[C@@H]3C2=O)CC1. The van der Waals surface area contributed by atoms with Gasteiger partial charge in [0.15, 0.2) is 0 Å². The molecule has 3 rings (SSSR count). The third-order valence-electron chi connectivity index (χ3n) is 6.00. The van der Waals surface area contributed by atoms with Crippen LogP contribution in [-0.4, -0.2) is 34.7 Å². The van der Waals surface area contributed by atoms with E-state index in [0.717, 1.165) is 57.3 Å². The quantitative estimate of drug-likeness (QED) is 0.811. The third kappa shape index (κ3) is 3.15. The molecule has 5 nitrogen and oxygen atoms in total. The lowest BCUT2D eigenvalue weighted by molar-refractivity contribution is -0.147. The fourth-order valence-electron chi connectivity index (χ4n) is 4.41. The Bertz CT molecular complexity index is 472. The molecule has 5 heteroatoms. The number of carbonyl (C=O) groups excluding carboxylic acids is 3. The summed E-state index contributed by atoms with van der Waals surface area (Å²) in [5.41, 5.74) is 0. The van der Waals surface area contributed by atoms with Gasteiger partial charge in [0.1, 0.15) is 6.04 Å². The normalized spacial score (nSPS) is 35.8. The van der Waals surface area contributed by atoms with Crippen LogP contribution < -0.4 is 5.32 Å². The van der Waals surface area contributed by atoms with Crippen molar-refractivity contribution in [3.8, 4) is 0 Å². The Morgan fingerprint density at radius 1 is 1.00 bits per heavy atom. The molecule has 128 valence electrons. The van der Waals surface area contributed by atoms with Gasteiger partial charge in [-0.3, -0.25) is 19.3 Å². The lowest BCUT2D eigenvalue weighted by Gasteiger charge is -2.29. The molecule has 1 heterocycles. The standard InChI is InChI=1S/C18H28N2O3/c1-11-7-9-13(10-8-11)19-16(21)12(2)20-17(22)14-5-3-4-6-15(14)18(20)23/h11-15H,3-10H2,1-2H3,(H,19,21)/t11?,12-,13?,14-,15-/m0/s1. The van der Waals surface area contributed by atoms with E-state index in [4.69, 9.17) is 0 Å². The van der Waals surface area contributed by atoms with Crippen molar-refractivity contribution in [2.75, 3.05) is 0 Å². The average Bonchev–Trinajstić information content (AvgIpc) is 2.81. The highest BCUT2D eigenvalue weighted by molar-refractivity contribution is 6.08. The maximum atomic E-state index is 12.6. The maximum absolute atomic E-state index is 12.6. The van der Waals surface area contributed by atoms with Gasteiger partial charge >= 0.3 is 0 Å². The molecule has 2 saturated carbocycles. The number of carbonyl (C=O) groups is 3. The second kappa shape index (κ2) is 6.62. The van der Waals surface area contributed by atoms with Crippen molar-refractivity contribution in [1.29, 1.82) is 0 Å². The first-order valence-corrected chi connectivity index (χ1v) is 9.16. The number of fused-ring (bicyclic) bond motifs is 1. The minimum Gasteiger partial charge on any atom is -0.352 e. The van der Waals surface area contributed by atoms with Gasteiger partial charge in [0.2, 0.25) is 17.7 Å². The van der Waals surface area contributed by atoms with E-state index in [-0.39, 0.29) is 35.6 Å². The van der Waals surface area contributed by atoms with Crippen molar-refractivity contribution in [2.24, 2.45) is 17.8 Å². The zero-order valence-corrected chi connectivity index (χ0v) is 14.2. The van der Waals surface area contributed by atoms with Crippen molar-refractivity contribution >= 4 is 17.7 Å². The lowest BCUT2D eigenvalue weighted by Crippen LogP contribution is -2.51. The molecule has 3 aliphatic rings. The highest BCUT2D eigenvalue weighted by Gasteiger charge is 2.50. The van der Waals surface area contributed by atoms with Gasteiger partial charge in [-0.2, -0.15) is 0 Å². The minimum atomic E-state index is -0.681. The summed E-state index contributed by atoms with van der Waals surface area (Å²) in [4.78, 5) is 38.9. The number of imide groups is 1. The number of rotatable bonds is 3. The van der Waals surface area contributed by atoms with Crippen LogP contribution in [0.1, 0.15) is 65.2 Å². The van der Waals surface area contributed by atoms with Crippen LogP contribution in [0.5, 0.6) is 0 Å². The molecule has 0 aromatic carbocycles. The average molecular weight is 320 g/mol. The zero-order chi connectivity index (χ0) is 16.6. The van der Waals surface area contributed by atoms with Crippen LogP contribution >= 0.6 is 0 Å². The van der Waals surface area contributed by atoms with E-state index >= 15 is 0 Å². The number of nitrogens with one attached hydrogen (secondary N) is 1. The van der Waals surface area contributed by atoms with Gasteiger partial charge in [-0.25, -0.2) is 0 Å². The van der Waals surface area contributed by atoms with Crippen LogP contribution in [0.2, 0.25) is 0 Å². The van der Waals surface area contributed by atoms with E-state index in [0.29, 0.717) is 0 Å². The molecular formula is C18H28N2O3. The van der Waals surface area contributed by atoms with Crippen LogP contribution in [0.25, 0.3) is 0 Å². The van der Waals surface area contributed by atoms with E-state index in [2.05, 4.69) is 12.2 Å². The third-order valence-corrected chi connectivity index (χ3v) is 6.00. The number of hydrogen-bond acceptors (Lipinski definition) is 3. The monoisotopic (exact) mass is 320 g/mol. The molecule has 1 saturated heterocycles. The number of hydrogen-bond donors (Lipinski definition) is 1. The van der Waals surface area contributed by atoms with Gasteiger partial charge in [0, 0.05) is 6.04 Å². The van der Waals surface area contributed by atoms with E-state index in [9.17, 15) is 14.4 Å². The van der Waals surface area contributed by atoms with Crippen LogP contribution in [0.4, 0.5) is 0 Å². The second-order valence-corrected chi connectivity index (χ2v) is 7.69. The van der Waals surface area contributed by atoms with Crippen molar-refractivity contribution in [1.82, 2.24) is 10.2 Å². The summed E-state index contributed by atoms with van der Waals surface area (Å²) in [6, 6.07) is -0.490. The van der Waals surface area contributed by atoms with Gasteiger partial charge in [-0.05, 0) is 51.4 Å². The van der Waals surface area contributed by atoms with E-state index < -0.39 is 6.04 Å². The predicted molar refractivity (Wildman–Crippen MR) is 86.3 cm³/mol. The molecule has 0 bridgehead atoms. The molecule has 23 heavy (non-hydrogen) atoms. The van der Waals surface area contributed by atoms with Crippen molar-refractivity contribution in [3.05, 3.63) is 0 Å². The molecule has 0 unspecified atom stereocenters. The van der Waals surface area contributed by atoms with Crippen molar-refractivity contribution in [2.45, 2.75) is 77.3 Å². The highest BCUT2D eigenvalue weighted by Crippen LogP contribution is 2.38. The Kier molecular flexibility index (Phi) is 4.74. The Labute approximate surface area is 138 Å². The molecule has 3 amide bonds. The van der Waals surface area contributed by atoms with E-state index in [1.165, 1.54) is 4.90 Å². The first-order valence-electron chi connectivity index (χ1n) is 9.16. The summed E-state index contributed by atoms with van der Waals surface area (Å²) >= 11 is 0. The molecule has 0 spiro atoms. The summed E-state index contributed by atoms with van der Waals surface area (Å²) in [7, 11) is 0. The largest absolute Gasteiger partial charge is 0.352 e. The number of amides is 3. The molecule has 1 aliphatic heterocycles. The fraction of sp³-hybridized carbons (Fsp3) is 0.833. The first-order chi connectivity index (χ1) is 11.0. The van der Waals surface area contributed by atoms with E-state index in [1.54, 1.807) is 6.92 Å². The van der Waals surface area contributed by atoms with Crippen LogP contribution in [0.3, 0.4) is 0 Å². The topological polar surface area (TPSA) is 66.5 Å². The molecule has 2 aliphatic carbocycles. The van der Waals surface area contributed by atoms with Gasteiger partial charge in [0.25, 0.3) is 0 Å². The first kappa shape index (κ1) is 16.5. The Morgan fingerprint density at radius 2 is 1.52 bits per heavy atom. The summed E-state index contributed by atoms with van der Waals surface area (Å²) in [5, 5.41) is 3.05. The van der Waals surface area contributed by atoms with Gasteiger partial charge in [-0.15, -0.1) is 0 Å². The molecular weight excluding hydrogens is 292 g/mol. The predicted octanol–water partition coefficient (Wildman–Crippen LogP) is 2.24. The van der Waals surface area contributed by atoms with Crippen LogP contribution in [-0.2, 0) is 14.4 Å². The Hall–Kier alpha value is -1.39. The maximum Gasteiger partial charge on any atom is 0.243 e. The summed E-state index contributed by atoms with van der Waals surface area (Å²) in [6.45, 7) is 3.93. The molecule has 0 radical (unpaired) electrons. The summed E-state index contributed by atoms with van der Waals surface area (Å²) < 4.78 is 0. The number of likely N-dealkylation sites (tertiary alicyclic amines) is 1. The fourth-order valence-corrected chi connectivity index (χ4v) is 4.41. The second-order valence-electron chi connectivity index (χ2n) is 7.69. The number of nitrogens with zero attached hydrogens (tertiary/aromatic N) is 1. The van der Waals surface area contributed by atoms with Crippen molar-refractivity contribution < 1.29 is 14.4 Å². The zero-order valence-electron chi connectivity index (χ0n) is 14.2. The molecule has 0 aromatic rings. The van der Waals surface area contributed by atoms with Crippen LogP contribution in [0, 0.1) is 17.8 Å². The Morgan fingerprint density at radius 3 is 2.04 bits per heavy atom. The lowest BCUT2D eigenvalue weighted by atomic mass is 9.81. The molecule has 0 aromatic heterocycles. The Balaban J connectivity index is 1.62. The minimum absolute atomic E-state index is 0.125. The van der Waals surface area contributed by atoms with Gasteiger partial charge in [0.05, 0.1) is 11.8 Å². The van der Waals surface area contributed by atoms with Gasteiger partial charge < -0.3 is 5.32 Å². The summed E-state index contributed by atoms with van der Waals surface area (Å²) in [5.74, 6) is -0.0568. The summed E-state index contributed by atoms with van der Waals surface area (Å²) in [6.07, 6.45) is 7.85. The van der Waals surface area contributed by atoms with E-state index in [1.807, 2.05) is 0 Å². The smallest absolute Gasteiger partial charge is 0.243 e. The highest BCUT2D eigenvalue weighted by atomic mass is 16.2. The van der Waals surface area contributed by atoms with Crippen molar-refractivity contribution in [3.63, 3.8) is 0 Å². The molecule has 3 atom stereocenters. The molecule has 3 fully saturated rings. The van der Waals surface area contributed by atoms with Crippen LogP contribution in [0.15, 0.2) is 0 Å².